The average Bonchev–Trinajstić information content (AvgIpc) is 3.60. The van der Waals surface area contributed by atoms with Crippen molar-refractivity contribution < 1.29 is 23.2 Å². The van der Waals surface area contributed by atoms with Gasteiger partial charge in [-0.1, -0.05) is 43.3 Å². The minimum atomic E-state index is -0.465. The smallest absolute Gasteiger partial charge is 0.324 e. The minimum Gasteiger partial charge on any atom is -0.492 e. The molecule has 1 fully saturated rings. The van der Waals surface area contributed by atoms with Crippen molar-refractivity contribution in [2.24, 2.45) is 0 Å². The summed E-state index contributed by atoms with van der Waals surface area (Å²) in [5, 5.41) is 17.6. The summed E-state index contributed by atoms with van der Waals surface area (Å²) in [6.07, 6.45) is 1.64. The maximum Gasteiger partial charge on any atom is 0.324 e. The van der Waals surface area contributed by atoms with Crippen LogP contribution >= 0.6 is 0 Å². The molecule has 5 rings (SSSR count). The summed E-state index contributed by atoms with van der Waals surface area (Å²) >= 11 is 0. The standard InChI is InChI=1S/C28H32FN7O4/c1-28(2,3)25-17-26(33-40-25)31-27(37)30-20-6-4-19(5-7-20)23-18-36(34-32-23)24-9-8-21(16-22(24)29)39-15-12-35-10-13-38-14-11-35/h4-9,16-18H,10-15H2,1-3H3,(H2,30,31,33,37). The summed E-state index contributed by atoms with van der Waals surface area (Å²) in [5.41, 5.74) is 1.93. The Morgan fingerprint density at radius 3 is 2.55 bits per heavy atom. The van der Waals surface area contributed by atoms with E-state index in [0.29, 0.717) is 35.3 Å². The lowest BCUT2D eigenvalue weighted by Gasteiger charge is -2.26. The first-order chi connectivity index (χ1) is 19.2. The lowest BCUT2D eigenvalue weighted by Crippen LogP contribution is -2.38. The molecule has 12 heteroatoms. The highest BCUT2D eigenvalue weighted by Gasteiger charge is 2.20. The Labute approximate surface area is 231 Å². The quantitative estimate of drug-likeness (QED) is 0.324. The van der Waals surface area contributed by atoms with Crippen molar-refractivity contribution in [3.8, 4) is 22.7 Å². The zero-order chi connectivity index (χ0) is 28.1. The number of morpholine rings is 1. The molecule has 11 nitrogen and oxygen atoms in total. The molecule has 2 aromatic heterocycles. The summed E-state index contributed by atoms with van der Waals surface area (Å²) in [5.74, 6) is 0.993. The summed E-state index contributed by atoms with van der Waals surface area (Å²) in [4.78, 5) is 14.6. The zero-order valence-corrected chi connectivity index (χ0v) is 22.7. The number of amides is 2. The molecule has 1 aliphatic heterocycles. The topological polar surface area (TPSA) is 120 Å². The number of aromatic nitrogens is 4. The van der Waals surface area contributed by atoms with Gasteiger partial charge in [0.1, 0.15) is 29.5 Å². The number of anilines is 2. The second kappa shape index (κ2) is 11.8. The van der Waals surface area contributed by atoms with Crippen LogP contribution in [0.5, 0.6) is 5.75 Å². The number of nitrogens with zero attached hydrogens (tertiary/aromatic N) is 5. The molecule has 210 valence electrons. The Kier molecular flexibility index (Phi) is 8.08. The van der Waals surface area contributed by atoms with Crippen LogP contribution in [0, 0.1) is 5.82 Å². The normalized spacial score (nSPS) is 14.2. The zero-order valence-electron chi connectivity index (χ0n) is 22.7. The minimum absolute atomic E-state index is 0.214. The summed E-state index contributed by atoms with van der Waals surface area (Å²) in [7, 11) is 0. The largest absolute Gasteiger partial charge is 0.492 e. The van der Waals surface area contributed by atoms with Gasteiger partial charge in [-0.15, -0.1) is 5.10 Å². The van der Waals surface area contributed by atoms with Crippen LogP contribution in [-0.4, -0.2) is 70.5 Å². The third kappa shape index (κ3) is 6.82. The van der Waals surface area contributed by atoms with Crippen molar-refractivity contribution in [2.45, 2.75) is 26.2 Å². The van der Waals surface area contributed by atoms with E-state index in [2.05, 4.69) is 31.0 Å². The van der Waals surface area contributed by atoms with Crippen LogP contribution in [-0.2, 0) is 10.2 Å². The number of ether oxygens (including phenoxy) is 2. The molecule has 2 aromatic carbocycles. The summed E-state index contributed by atoms with van der Waals surface area (Å²) < 4.78 is 32.6. The van der Waals surface area contributed by atoms with Gasteiger partial charge < -0.3 is 19.3 Å². The predicted octanol–water partition coefficient (Wildman–Crippen LogP) is 4.71. The van der Waals surface area contributed by atoms with Crippen LogP contribution in [0.25, 0.3) is 16.9 Å². The Balaban J connectivity index is 1.16. The van der Waals surface area contributed by atoms with E-state index in [1.54, 1.807) is 48.7 Å². The number of urea groups is 1. The Morgan fingerprint density at radius 1 is 1.07 bits per heavy atom. The van der Waals surface area contributed by atoms with E-state index in [1.807, 2.05) is 20.8 Å². The second-order valence-corrected chi connectivity index (χ2v) is 10.4. The Morgan fingerprint density at radius 2 is 1.85 bits per heavy atom. The number of nitrogens with one attached hydrogen (secondary N) is 2. The molecule has 4 aromatic rings. The molecule has 0 spiro atoms. The predicted molar refractivity (Wildman–Crippen MR) is 147 cm³/mol. The molecule has 3 heterocycles. The van der Waals surface area contributed by atoms with Gasteiger partial charge in [0.25, 0.3) is 0 Å². The summed E-state index contributed by atoms with van der Waals surface area (Å²) in [6, 6.07) is 13.0. The molecule has 1 saturated heterocycles. The number of benzene rings is 2. The van der Waals surface area contributed by atoms with E-state index >= 15 is 0 Å². The number of hydrogen-bond acceptors (Lipinski definition) is 8. The fourth-order valence-corrected chi connectivity index (χ4v) is 4.08. The van der Waals surface area contributed by atoms with Crippen molar-refractivity contribution >= 4 is 17.5 Å². The van der Waals surface area contributed by atoms with Gasteiger partial charge in [-0.2, -0.15) is 0 Å². The number of carbonyl (C=O) groups excluding carboxylic acids is 1. The van der Waals surface area contributed by atoms with Crippen LogP contribution in [0.4, 0.5) is 20.7 Å². The van der Waals surface area contributed by atoms with Gasteiger partial charge in [0.15, 0.2) is 11.6 Å². The lowest BCUT2D eigenvalue weighted by atomic mass is 9.93. The van der Waals surface area contributed by atoms with E-state index in [1.165, 1.54) is 10.7 Å². The SMILES string of the molecule is CC(C)(C)c1cc(NC(=O)Nc2ccc(-c3cn(-c4ccc(OCCN5CCOCC5)cc4F)nn3)cc2)no1. The molecular weight excluding hydrogens is 517 g/mol. The molecule has 1 aliphatic rings. The Bertz CT molecular complexity index is 1440. The number of rotatable bonds is 8. The van der Waals surface area contributed by atoms with Gasteiger partial charge in [-0.25, -0.2) is 13.9 Å². The van der Waals surface area contributed by atoms with Crippen molar-refractivity contribution in [2.75, 3.05) is 50.1 Å². The molecule has 2 N–H and O–H groups in total. The molecule has 0 atom stereocenters. The second-order valence-electron chi connectivity index (χ2n) is 10.4. The van der Waals surface area contributed by atoms with Crippen LogP contribution in [0.1, 0.15) is 26.5 Å². The van der Waals surface area contributed by atoms with Gasteiger partial charge in [0.2, 0.25) is 0 Å². The van der Waals surface area contributed by atoms with E-state index in [-0.39, 0.29) is 11.1 Å². The van der Waals surface area contributed by atoms with Crippen LogP contribution < -0.4 is 15.4 Å². The molecule has 0 bridgehead atoms. The third-order valence-corrected chi connectivity index (χ3v) is 6.37. The number of carbonyl (C=O) groups is 1. The third-order valence-electron chi connectivity index (χ3n) is 6.37. The fourth-order valence-electron chi connectivity index (χ4n) is 4.08. The maximum atomic E-state index is 14.9. The molecule has 0 unspecified atom stereocenters. The van der Waals surface area contributed by atoms with Gasteiger partial charge in [0, 0.05) is 48.4 Å². The molecule has 0 radical (unpaired) electrons. The molecule has 40 heavy (non-hydrogen) atoms. The summed E-state index contributed by atoms with van der Waals surface area (Å²) in [6.45, 7) is 10.4. The van der Waals surface area contributed by atoms with Gasteiger partial charge in [-0.05, 0) is 24.3 Å². The molecular formula is C28H32FN7O4. The highest BCUT2D eigenvalue weighted by atomic mass is 19.1. The molecule has 0 saturated carbocycles. The van der Waals surface area contributed by atoms with Crippen LogP contribution in [0.3, 0.4) is 0 Å². The van der Waals surface area contributed by atoms with Crippen molar-refractivity contribution in [3.63, 3.8) is 0 Å². The first-order valence-electron chi connectivity index (χ1n) is 13.1. The Hall–Kier alpha value is -4.29. The van der Waals surface area contributed by atoms with E-state index in [0.717, 1.165) is 38.4 Å². The monoisotopic (exact) mass is 549 g/mol. The van der Waals surface area contributed by atoms with Gasteiger partial charge >= 0.3 is 6.03 Å². The molecule has 0 aliphatic carbocycles. The molecule has 2 amide bonds. The highest BCUT2D eigenvalue weighted by Crippen LogP contribution is 2.25. The van der Waals surface area contributed by atoms with Crippen LogP contribution in [0.2, 0.25) is 0 Å². The van der Waals surface area contributed by atoms with Crippen molar-refractivity contribution in [1.82, 2.24) is 25.1 Å². The van der Waals surface area contributed by atoms with Gasteiger partial charge in [0.05, 0.1) is 19.4 Å². The maximum absolute atomic E-state index is 14.9. The van der Waals surface area contributed by atoms with Gasteiger partial charge in [-0.3, -0.25) is 10.2 Å². The number of halogens is 1. The van der Waals surface area contributed by atoms with E-state index in [4.69, 9.17) is 14.0 Å². The lowest BCUT2D eigenvalue weighted by molar-refractivity contribution is 0.0322. The number of hydrogen-bond donors (Lipinski definition) is 2. The highest BCUT2D eigenvalue weighted by molar-refractivity contribution is 5.99. The van der Waals surface area contributed by atoms with Crippen molar-refractivity contribution in [1.29, 1.82) is 0 Å². The fraction of sp³-hybridized carbons (Fsp3) is 0.357. The van der Waals surface area contributed by atoms with Crippen molar-refractivity contribution in [3.05, 3.63) is 66.3 Å². The first-order valence-corrected chi connectivity index (χ1v) is 13.1. The van der Waals surface area contributed by atoms with E-state index in [9.17, 15) is 9.18 Å². The average molecular weight is 550 g/mol. The van der Waals surface area contributed by atoms with E-state index < -0.39 is 11.8 Å². The van der Waals surface area contributed by atoms with Crippen LogP contribution in [0.15, 0.2) is 59.3 Å². The first kappa shape index (κ1) is 27.3.